The summed E-state index contributed by atoms with van der Waals surface area (Å²) < 4.78 is 0. The third-order valence-corrected chi connectivity index (χ3v) is 5.85. The third-order valence-electron chi connectivity index (χ3n) is 5.25. The van der Waals surface area contributed by atoms with Gasteiger partial charge in [0.2, 0.25) is 0 Å². The minimum atomic E-state index is -0.518. The molecule has 2 N–H and O–H groups in total. The number of rotatable bonds is 9. The van der Waals surface area contributed by atoms with Crippen molar-refractivity contribution < 1.29 is 9.85 Å². The number of anilines is 2. The van der Waals surface area contributed by atoms with E-state index in [1.165, 1.54) is 24.3 Å². The van der Waals surface area contributed by atoms with E-state index in [-0.39, 0.29) is 21.4 Å². The van der Waals surface area contributed by atoms with Crippen LogP contribution in [0, 0.1) is 20.2 Å². The predicted octanol–water partition coefficient (Wildman–Crippen LogP) is 6.21. The van der Waals surface area contributed by atoms with Gasteiger partial charge in [-0.1, -0.05) is 23.2 Å². The molecule has 0 aliphatic carbocycles. The first-order chi connectivity index (χ1) is 16.3. The van der Waals surface area contributed by atoms with Gasteiger partial charge in [-0.3, -0.25) is 30.2 Å². The number of fused-ring (bicyclic) bond motifs is 2. The van der Waals surface area contributed by atoms with Gasteiger partial charge in [-0.25, -0.2) is 0 Å². The Morgan fingerprint density at radius 2 is 1.15 bits per heavy atom. The molecule has 0 aliphatic heterocycles. The molecule has 0 radical (unpaired) electrons. The Balaban J connectivity index is 1.37. The fraction of sp³-hybridized carbons (Fsp3) is 0.182. The van der Waals surface area contributed by atoms with Gasteiger partial charge < -0.3 is 10.6 Å². The maximum absolute atomic E-state index is 11.2. The van der Waals surface area contributed by atoms with Crippen LogP contribution in [0.4, 0.5) is 22.7 Å². The summed E-state index contributed by atoms with van der Waals surface area (Å²) >= 11 is 12.0. The molecule has 0 atom stereocenters. The summed E-state index contributed by atoms with van der Waals surface area (Å²) in [5.74, 6) is 0. The minimum absolute atomic E-state index is 0.0458. The lowest BCUT2D eigenvalue weighted by molar-refractivity contribution is -0.384. The fourth-order valence-electron chi connectivity index (χ4n) is 3.60. The topological polar surface area (TPSA) is 136 Å². The zero-order chi connectivity index (χ0) is 24.2. The second kappa shape index (κ2) is 10.0. The molecule has 10 nitrogen and oxygen atoms in total. The third kappa shape index (κ3) is 4.92. The molecule has 4 aromatic rings. The Morgan fingerprint density at radius 3 is 1.53 bits per heavy atom. The number of hydrogen-bond donors (Lipinski definition) is 2. The molecular formula is C22H18Cl2N6O4. The highest BCUT2D eigenvalue weighted by Crippen LogP contribution is 2.33. The zero-order valence-electron chi connectivity index (χ0n) is 17.6. The van der Waals surface area contributed by atoms with Crippen LogP contribution in [-0.4, -0.2) is 32.9 Å². The highest BCUT2D eigenvalue weighted by molar-refractivity contribution is 6.34. The quantitative estimate of drug-likeness (QED) is 0.157. The van der Waals surface area contributed by atoms with Crippen molar-refractivity contribution in [3.8, 4) is 0 Å². The van der Waals surface area contributed by atoms with E-state index in [2.05, 4.69) is 20.6 Å². The Labute approximate surface area is 203 Å². The molecule has 0 fully saturated rings. The highest BCUT2D eigenvalue weighted by Gasteiger charge is 2.17. The van der Waals surface area contributed by atoms with E-state index in [9.17, 15) is 20.2 Å². The van der Waals surface area contributed by atoms with Gasteiger partial charge in [-0.2, -0.15) is 0 Å². The van der Waals surface area contributed by atoms with Crippen molar-refractivity contribution >= 4 is 67.8 Å². The molecule has 174 valence electrons. The van der Waals surface area contributed by atoms with Crippen LogP contribution in [0.1, 0.15) is 12.8 Å². The largest absolute Gasteiger partial charge is 0.384 e. The second-order valence-electron chi connectivity index (χ2n) is 7.43. The molecule has 12 heteroatoms. The number of nitrogens with one attached hydrogen (secondary N) is 2. The van der Waals surface area contributed by atoms with E-state index in [0.717, 1.165) is 24.2 Å². The van der Waals surface area contributed by atoms with E-state index >= 15 is 0 Å². The second-order valence-corrected chi connectivity index (χ2v) is 8.25. The first kappa shape index (κ1) is 23.4. The first-order valence-corrected chi connectivity index (χ1v) is 11.0. The van der Waals surface area contributed by atoms with Gasteiger partial charge in [0.25, 0.3) is 11.4 Å². The Morgan fingerprint density at radius 1 is 0.735 bits per heavy atom. The average molecular weight is 501 g/mol. The van der Waals surface area contributed by atoms with Crippen LogP contribution < -0.4 is 10.6 Å². The fourth-order valence-corrected chi connectivity index (χ4v) is 4.05. The van der Waals surface area contributed by atoms with Crippen LogP contribution in [0.15, 0.2) is 48.8 Å². The lowest BCUT2D eigenvalue weighted by atomic mass is 10.1. The van der Waals surface area contributed by atoms with Crippen molar-refractivity contribution in [1.29, 1.82) is 0 Å². The molecule has 0 unspecified atom stereocenters. The number of nitrogens with zero attached hydrogens (tertiary/aromatic N) is 4. The van der Waals surface area contributed by atoms with Gasteiger partial charge in [0, 0.05) is 59.8 Å². The first-order valence-electron chi connectivity index (χ1n) is 10.3. The van der Waals surface area contributed by atoms with Crippen molar-refractivity contribution in [1.82, 2.24) is 9.97 Å². The number of unbranched alkanes of at least 4 members (excludes halogenated alkanes) is 1. The van der Waals surface area contributed by atoms with Crippen LogP contribution in [-0.2, 0) is 0 Å². The number of nitro benzene ring substituents is 2. The molecule has 2 heterocycles. The van der Waals surface area contributed by atoms with Crippen molar-refractivity contribution in [2.45, 2.75) is 12.8 Å². The van der Waals surface area contributed by atoms with Gasteiger partial charge in [0.1, 0.15) is 10.0 Å². The highest BCUT2D eigenvalue weighted by atomic mass is 35.5. The molecular weight excluding hydrogens is 483 g/mol. The Bertz CT molecular complexity index is 1310. The molecule has 0 saturated carbocycles. The van der Waals surface area contributed by atoms with Crippen LogP contribution in [0.25, 0.3) is 21.8 Å². The van der Waals surface area contributed by atoms with Crippen molar-refractivity contribution in [2.75, 3.05) is 23.7 Å². The molecule has 2 aromatic heterocycles. The Kier molecular flexibility index (Phi) is 6.90. The average Bonchev–Trinajstić information content (AvgIpc) is 2.80. The van der Waals surface area contributed by atoms with Crippen LogP contribution >= 0.6 is 23.2 Å². The van der Waals surface area contributed by atoms with E-state index in [1.807, 2.05) is 0 Å². The summed E-state index contributed by atoms with van der Waals surface area (Å²) in [4.78, 5) is 29.8. The number of hydrogen-bond acceptors (Lipinski definition) is 8. The normalized spacial score (nSPS) is 11.0. The van der Waals surface area contributed by atoms with Crippen LogP contribution in [0.2, 0.25) is 10.0 Å². The lowest BCUT2D eigenvalue weighted by Gasteiger charge is -2.11. The molecule has 0 amide bonds. The summed E-state index contributed by atoms with van der Waals surface area (Å²) in [6, 6.07) is 9.35. The van der Waals surface area contributed by atoms with Gasteiger partial charge in [0.05, 0.1) is 20.9 Å². The van der Waals surface area contributed by atoms with E-state index in [0.29, 0.717) is 34.9 Å². The van der Waals surface area contributed by atoms with E-state index in [4.69, 9.17) is 23.2 Å². The van der Waals surface area contributed by atoms with Crippen LogP contribution in [0.3, 0.4) is 0 Å². The molecule has 34 heavy (non-hydrogen) atoms. The van der Waals surface area contributed by atoms with E-state index in [1.54, 1.807) is 24.5 Å². The van der Waals surface area contributed by atoms with Crippen molar-refractivity contribution in [3.63, 3.8) is 0 Å². The number of aromatic nitrogens is 2. The maximum atomic E-state index is 11.2. The molecule has 0 aliphatic rings. The minimum Gasteiger partial charge on any atom is -0.384 e. The molecule has 4 rings (SSSR count). The number of nitro groups is 2. The number of halogens is 2. The molecule has 2 aromatic carbocycles. The predicted molar refractivity (Wildman–Crippen MR) is 133 cm³/mol. The summed E-state index contributed by atoms with van der Waals surface area (Å²) in [7, 11) is 0. The van der Waals surface area contributed by atoms with E-state index < -0.39 is 9.85 Å². The van der Waals surface area contributed by atoms with Gasteiger partial charge in [-0.05, 0) is 37.1 Å². The lowest BCUT2D eigenvalue weighted by Crippen LogP contribution is -2.07. The summed E-state index contributed by atoms with van der Waals surface area (Å²) in [6.45, 7) is 1.27. The maximum Gasteiger partial charge on any atom is 0.288 e. The van der Waals surface area contributed by atoms with Crippen molar-refractivity contribution in [3.05, 3.63) is 79.1 Å². The number of benzene rings is 2. The molecule has 0 bridgehead atoms. The monoisotopic (exact) mass is 500 g/mol. The smallest absolute Gasteiger partial charge is 0.288 e. The summed E-state index contributed by atoms with van der Waals surface area (Å²) in [5, 5.41) is 30.3. The Hall–Kier alpha value is -3.76. The SMILES string of the molecule is O=[N+]([O-])c1cc2c(NCCCCNc3ccnc4cc(Cl)c([N+](=O)[O-])cc34)ccnc2cc1Cl. The summed E-state index contributed by atoms with van der Waals surface area (Å²) in [6.07, 6.45) is 4.85. The molecule has 0 saturated heterocycles. The van der Waals surface area contributed by atoms with Gasteiger partial charge in [-0.15, -0.1) is 0 Å². The molecule has 0 spiro atoms. The zero-order valence-corrected chi connectivity index (χ0v) is 19.1. The summed E-state index contributed by atoms with van der Waals surface area (Å²) in [5.41, 5.74) is 2.28. The standard InChI is InChI=1S/C22H18Cl2N6O4/c23-15-11-19-13(9-21(15)29(31)32)17(3-7-27-19)25-5-1-2-6-26-18-4-8-28-20-12-16(24)22(30(33)34)10-14(18)20/h3-4,7-12H,1-2,5-6H2,(H,25,27)(H,26,28). The van der Waals surface area contributed by atoms with Crippen LogP contribution in [0.5, 0.6) is 0 Å². The van der Waals surface area contributed by atoms with Gasteiger partial charge in [0.15, 0.2) is 0 Å². The van der Waals surface area contributed by atoms with Crippen molar-refractivity contribution in [2.24, 2.45) is 0 Å². The van der Waals surface area contributed by atoms with Gasteiger partial charge >= 0.3 is 0 Å². The number of pyridine rings is 2.